The van der Waals surface area contributed by atoms with Gasteiger partial charge in [-0.15, -0.1) is 0 Å². The van der Waals surface area contributed by atoms with E-state index in [1.165, 1.54) is 45.5 Å². The molecule has 40 heavy (non-hydrogen) atoms. The number of rotatable bonds is 6. The van der Waals surface area contributed by atoms with Crippen molar-refractivity contribution in [3.8, 4) is 0 Å². The van der Waals surface area contributed by atoms with E-state index < -0.39 is 39.9 Å². The fourth-order valence-electron chi connectivity index (χ4n) is 3.60. The van der Waals surface area contributed by atoms with Gasteiger partial charge in [-0.2, -0.15) is 16.8 Å². The van der Waals surface area contributed by atoms with E-state index in [1.54, 1.807) is 0 Å². The van der Waals surface area contributed by atoms with Crippen LogP contribution in [0.4, 0.5) is 11.4 Å². The zero-order valence-electron chi connectivity index (χ0n) is 22.1. The van der Waals surface area contributed by atoms with E-state index in [1.807, 2.05) is 0 Å². The Kier molecular flexibility index (Phi) is 12.0. The summed E-state index contributed by atoms with van der Waals surface area (Å²) in [4.78, 5) is 18.0. The molecule has 0 spiro atoms. The number of nitro benzene ring substituents is 2. The molecule has 3 rings (SSSR count). The van der Waals surface area contributed by atoms with Gasteiger partial charge in [0, 0.05) is 37.4 Å². The molecule has 0 aliphatic heterocycles. The van der Waals surface area contributed by atoms with Gasteiger partial charge < -0.3 is 11.5 Å². The van der Waals surface area contributed by atoms with Gasteiger partial charge in [-0.25, -0.2) is 0 Å². The molecule has 14 nitrogen and oxygen atoms in total. The summed E-state index contributed by atoms with van der Waals surface area (Å²) in [6.45, 7) is 9.74. The van der Waals surface area contributed by atoms with Crippen LogP contribution in [-0.4, -0.2) is 35.8 Å². The first-order chi connectivity index (χ1) is 18.4. The molecular weight excluding hydrogens is 568 g/mol. The second-order valence-corrected chi connectivity index (χ2v) is 11.2. The number of nitrogens with two attached hydrogens (primary N) is 2. The lowest BCUT2D eigenvalue weighted by molar-refractivity contribution is -0.385. The molecule has 3 aromatic carbocycles. The van der Waals surface area contributed by atoms with Crippen LogP contribution in [0.3, 0.4) is 0 Å². The highest BCUT2D eigenvalue weighted by molar-refractivity contribution is 7.86. The molecule has 16 heteroatoms. The quantitative estimate of drug-likeness (QED) is 0.181. The Morgan fingerprint density at radius 2 is 0.925 bits per heavy atom. The maximum Gasteiger partial charge on any atom is 0.294 e. The standard InChI is InChI=1S/C12H20N2.2C6H5NO5S/c1-7-8(2)12(6-14)10(4)9(3)11(7)5-13;2*8-7(9)5-2-1-3-6(4-5)13(10,11)12/h5-6,13-14H2,1-4H3;2*1-4H,(H,10,11,12). The summed E-state index contributed by atoms with van der Waals surface area (Å²) in [5, 5.41) is 20.4. The Morgan fingerprint density at radius 3 is 1.12 bits per heavy atom. The average Bonchev–Trinajstić information content (AvgIpc) is 2.88. The Morgan fingerprint density at radius 1 is 0.650 bits per heavy atom. The van der Waals surface area contributed by atoms with Gasteiger partial charge in [-0.05, 0) is 73.2 Å². The largest absolute Gasteiger partial charge is 0.326 e. The molecule has 0 radical (unpaired) electrons. The third-order valence-electron chi connectivity index (χ3n) is 6.00. The first-order valence-electron chi connectivity index (χ1n) is 11.3. The summed E-state index contributed by atoms with van der Waals surface area (Å²) >= 11 is 0. The van der Waals surface area contributed by atoms with Crippen molar-refractivity contribution in [1.29, 1.82) is 0 Å². The van der Waals surface area contributed by atoms with Gasteiger partial charge in [0.05, 0.1) is 9.85 Å². The molecule has 0 aliphatic rings. The second kappa shape index (κ2) is 14.0. The van der Waals surface area contributed by atoms with E-state index >= 15 is 0 Å². The first kappa shape index (κ1) is 34.2. The monoisotopic (exact) mass is 598 g/mol. The summed E-state index contributed by atoms with van der Waals surface area (Å²) in [6, 6.07) is 8.35. The zero-order chi connectivity index (χ0) is 31.0. The smallest absolute Gasteiger partial charge is 0.294 e. The zero-order valence-corrected chi connectivity index (χ0v) is 23.7. The summed E-state index contributed by atoms with van der Waals surface area (Å²) in [5.41, 5.74) is 18.5. The molecule has 0 unspecified atom stereocenters. The topological polar surface area (TPSA) is 247 Å². The van der Waals surface area contributed by atoms with Gasteiger partial charge in [-0.1, -0.05) is 12.1 Å². The van der Waals surface area contributed by atoms with Gasteiger partial charge in [0.15, 0.2) is 0 Å². The predicted molar refractivity (Wildman–Crippen MR) is 147 cm³/mol. The molecule has 0 amide bonds. The third-order valence-corrected chi connectivity index (χ3v) is 7.70. The number of non-ortho nitro benzene ring substituents is 2. The number of nitro groups is 2. The summed E-state index contributed by atoms with van der Waals surface area (Å²) in [6.07, 6.45) is 0. The molecule has 0 saturated heterocycles. The lowest BCUT2D eigenvalue weighted by Gasteiger charge is -2.18. The highest BCUT2D eigenvalue weighted by atomic mass is 32.2. The van der Waals surface area contributed by atoms with Crippen molar-refractivity contribution in [2.75, 3.05) is 0 Å². The Balaban J connectivity index is 0.000000300. The maximum absolute atomic E-state index is 10.5. The molecule has 0 aromatic heterocycles. The fraction of sp³-hybridized carbons (Fsp3) is 0.250. The molecule has 0 bridgehead atoms. The van der Waals surface area contributed by atoms with Crippen LogP contribution in [0.15, 0.2) is 58.3 Å². The van der Waals surface area contributed by atoms with Crippen molar-refractivity contribution in [3.63, 3.8) is 0 Å². The van der Waals surface area contributed by atoms with Gasteiger partial charge in [-0.3, -0.25) is 29.3 Å². The Bertz CT molecular complexity index is 1470. The molecule has 6 N–H and O–H groups in total. The van der Waals surface area contributed by atoms with Crippen LogP contribution in [0.5, 0.6) is 0 Å². The highest BCUT2D eigenvalue weighted by Crippen LogP contribution is 2.26. The number of hydrogen-bond donors (Lipinski definition) is 4. The molecule has 3 aromatic rings. The predicted octanol–water partition coefficient (Wildman–Crippen LogP) is 3.52. The molecule has 0 aliphatic carbocycles. The van der Waals surface area contributed by atoms with E-state index in [4.69, 9.17) is 20.6 Å². The minimum atomic E-state index is -4.36. The average molecular weight is 599 g/mol. The van der Waals surface area contributed by atoms with Crippen molar-refractivity contribution < 1.29 is 35.8 Å². The van der Waals surface area contributed by atoms with E-state index in [2.05, 4.69) is 27.7 Å². The third kappa shape index (κ3) is 9.15. The number of nitrogens with zero attached hydrogens (tertiary/aromatic N) is 2. The van der Waals surface area contributed by atoms with E-state index in [0.717, 1.165) is 36.4 Å². The summed E-state index contributed by atoms with van der Waals surface area (Å²) in [7, 11) is -8.73. The second-order valence-electron chi connectivity index (χ2n) is 8.32. The van der Waals surface area contributed by atoms with Gasteiger partial charge in [0.1, 0.15) is 9.79 Å². The highest BCUT2D eigenvalue weighted by Gasteiger charge is 2.15. The van der Waals surface area contributed by atoms with Crippen LogP contribution in [0.2, 0.25) is 0 Å². The van der Waals surface area contributed by atoms with Crippen molar-refractivity contribution in [1.82, 2.24) is 0 Å². The van der Waals surface area contributed by atoms with Crippen LogP contribution >= 0.6 is 0 Å². The Hall–Kier alpha value is -3.80. The molecule has 0 atom stereocenters. The molecular formula is C24H30N4O10S2. The molecule has 218 valence electrons. The molecule has 0 saturated carbocycles. The summed E-state index contributed by atoms with van der Waals surface area (Å²) < 4.78 is 59.3. The van der Waals surface area contributed by atoms with Gasteiger partial charge >= 0.3 is 0 Å². The molecule has 0 fully saturated rings. The van der Waals surface area contributed by atoms with Gasteiger partial charge in [0.25, 0.3) is 31.6 Å². The minimum absolute atomic E-state index is 0.380. The van der Waals surface area contributed by atoms with E-state index in [-0.39, 0.29) is 11.4 Å². The SMILES string of the molecule is Cc1c(C)c(CN)c(C)c(C)c1CN.O=[N+]([O-])c1cccc(S(=O)(=O)O)c1.O=[N+]([O-])c1cccc(S(=O)(=O)O)c1. The number of hydrogen-bond acceptors (Lipinski definition) is 10. The van der Waals surface area contributed by atoms with Crippen molar-refractivity contribution >= 4 is 31.6 Å². The minimum Gasteiger partial charge on any atom is -0.326 e. The van der Waals surface area contributed by atoms with Crippen LogP contribution in [-0.2, 0) is 33.3 Å². The van der Waals surface area contributed by atoms with Crippen LogP contribution in [0, 0.1) is 47.9 Å². The lowest BCUT2D eigenvalue weighted by Crippen LogP contribution is -2.11. The fourth-order valence-corrected chi connectivity index (χ4v) is 4.64. The van der Waals surface area contributed by atoms with E-state index in [9.17, 15) is 37.1 Å². The van der Waals surface area contributed by atoms with Crippen LogP contribution < -0.4 is 11.5 Å². The maximum atomic E-state index is 10.5. The van der Waals surface area contributed by atoms with Crippen molar-refractivity contribution in [2.24, 2.45) is 11.5 Å². The lowest BCUT2D eigenvalue weighted by atomic mass is 9.89. The first-order valence-corrected chi connectivity index (χ1v) is 14.2. The number of benzene rings is 3. The summed E-state index contributed by atoms with van der Waals surface area (Å²) in [5.74, 6) is 0. The molecule has 0 heterocycles. The van der Waals surface area contributed by atoms with Crippen molar-refractivity contribution in [2.45, 2.75) is 50.6 Å². The van der Waals surface area contributed by atoms with Gasteiger partial charge in [0.2, 0.25) is 0 Å². The Labute approximate surface area is 231 Å². The van der Waals surface area contributed by atoms with Crippen molar-refractivity contribution in [3.05, 3.63) is 102 Å². The van der Waals surface area contributed by atoms with Crippen LogP contribution in [0.1, 0.15) is 33.4 Å². The van der Waals surface area contributed by atoms with E-state index in [0.29, 0.717) is 13.1 Å². The normalized spacial score (nSPS) is 11.0. The van der Waals surface area contributed by atoms with Crippen LogP contribution in [0.25, 0.3) is 0 Å².